The molecule has 0 atom stereocenters. The van der Waals surface area contributed by atoms with Crippen LogP contribution in [0, 0.1) is 5.82 Å². The van der Waals surface area contributed by atoms with Crippen LogP contribution < -0.4 is 10.1 Å². The highest BCUT2D eigenvalue weighted by Crippen LogP contribution is 2.30. The predicted octanol–water partition coefficient (Wildman–Crippen LogP) is 3.94. The number of fused-ring (bicyclic) bond motifs is 1. The number of rotatable bonds is 4. The van der Waals surface area contributed by atoms with Crippen LogP contribution in [-0.2, 0) is 0 Å². The van der Waals surface area contributed by atoms with Gasteiger partial charge in [-0.1, -0.05) is 0 Å². The lowest BCUT2D eigenvalue weighted by Crippen LogP contribution is -2.02. The van der Waals surface area contributed by atoms with Crippen LogP contribution >= 0.6 is 11.3 Å². The van der Waals surface area contributed by atoms with Gasteiger partial charge >= 0.3 is 0 Å². The predicted molar refractivity (Wildman–Crippen MR) is 83.5 cm³/mol. The number of hydrogen-bond acceptors (Lipinski definition) is 5. The molecule has 3 rings (SSSR count). The normalized spacial score (nSPS) is 10.8. The first kappa shape index (κ1) is 13.8. The Labute approximate surface area is 125 Å². The number of nitrogens with zero attached hydrogens (tertiary/aromatic N) is 2. The molecule has 0 spiro atoms. The first-order valence-corrected chi connectivity index (χ1v) is 7.44. The largest absolute Gasteiger partial charge is 0.494 e. The second-order valence-electron chi connectivity index (χ2n) is 4.41. The number of thiophene rings is 1. The van der Waals surface area contributed by atoms with Crippen molar-refractivity contribution in [2.24, 2.45) is 0 Å². The van der Waals surface area contributed by atoms with Crippen molar-refractivity contribution in [2.45, 2.75) is 6.92 Å². The van der Waals surface area contributed by atoms with Crippen molar-refractivity contribution in [3.63, 3.8) is 0 Å². The van der Waals surface area contributed by atoms with Gasteiger partial charge < -0.3 is 10.1 Å². The molecule has 0 aliphatic heterocycles. The Morgan fingerprint density at radius 1 is 1.29 bits per heavy atom. The number of halogens is 1. The molecule has 0 bridgehead atoms. The third-order valence-corrected chi connectivity index (χ3v) is 3.89. The van der Waals surface area contributed by atoms with Crippen molar-refractivity contribution in [1.82, 2.24) is 9.97 Å². The monoisotopic (exact) mass is 303 g/mol. The van der Waals surface area contributed by atoms with Gasteiger partial charge in [0.25, 0.3) is 0 Å². The van der Waals surface area contributed by atoms with Gasteiger partial charge in [0.2, 0.25) is 0 Å². The van der Waals surface area contributed by atoms with E-state index in [2.05, 4.69) is 15.3 Å². The second-order valence-corrected chi connectivity index (χ2v) is 5.31. The molecule has 1 aromatic carbocycles. The SMILES string of the molecule is CCNc1nc(-c2ccc(F)c(OC)c2)nc2sccc12. The van der Waals surface area contributed by atoms with E-state index in [1.165, 1.54) is 13.2 Å². The lowest BCUT2D eigenvalue weighted by Gasteiger charge is -2.08. The maximum atomic E-state index is 13.5. The standard InChI is InChI=1S/C15H14FN3OS/c1-3-17-14-10-6-7-21-15(10)19-13(18-14)9-4-5-11(16)12(8-9)20-2/h4-8H,3H2,1-2H3,(H,17,18,19). The van der Waals surface area contributed by atoms with Gasteiger partial charge in [-0.15, -0.1) is 11.3 Å². The molecule has 6 heteroatoms. The third-order valence-electron chi connectivity index (χ3n) is 3.08. The van der Waals surface area contributed by atoms with Crippen LogP contribution in [-0.4, -0.2) is 23.6 Å². The highest BCUT2D eigenvalue weighted by molar-refractivity contribution is 7.16. The smallest absolute Gasteiger partial charge is 0.165 e. The summed E-state index contributed by atoms with van der Waals surface area (Å²) in [4.78, 5) is 9.99. The lowest BCUT2D eigenvalue weighted by atomic mass is 10.2. The first-order valence-electron chi connectivity index (χ1n) is 6.56. The van der Waals surface area contributed by atoms with Crippen LogP contribution in [0.3, 0.4) is 0 Å². The van der Waals surface area contributed by atoms with Gasteiger partial charge in [-0.3, -0.25) is 0 Å². The van der Waals surface area contributed by atoms with Gasteiger partial charge in [0.05, 0.1) is 12.5 Å². The minimum absolute atomic E-state index is 0.187. The molecule has 0 aliphatic carbocycles. The van der Waals surface area contributed by atoms with Crippen LogP contribution in [0.15, 0.2) is 29.6 Å². The molecule has 4 nitrogen and oxygen atoms in total. The summed E-state index contributed by atoms with van der Waals surface area (Å²) in [5.74, 6) is 1.14. The molecule has 1 N–H and O–H groups in total. The van der Waals surface area contributed by atoms with E-state index in [-0.39, 0.29) is 5.75 Å². The maximum Gasteiger partial charge on any atom is 0.165 e. The number of hydrogen-bond donors (Lipinski definition) is 1. The van der Waals surface area contributed by atoms with Gasteiger partial charge in [0.1, 0.15) is 10.6 Å². The van der Waals surface area contributed by atoms with E-state index in [0.717, 1.165) is 28.1 Å². The number of aromatic nitrogens is 2. The van der Waals surface area contributed by atoms with Gasteiger partial charge in [0, 0.05) is 12.1 Å². The summed E-state index contributed by atoms with van der Waals surface area (Å²) in [5, 5.41) is 6.22. The molecule has 0 amide bonds. The zero-order valence-corrected chi connectivity index (χ0v) is 12.5. The average Bonchev–Trinajstić information content (AvgIpc) is 2.96. The minimum Gasteiger partial charge on any atom is -0.494 e. The van der Waals surface area contributed by atoms with Gasteiger partial charge in [-0.25, -0.2) is 14.4 Å². The molecule has 108 valence electrons. The Bertz CT molecular complexity index is 788. The molecule has 0 saturated carbocycles. The van der Waals surface area contributed by atoms with E-state index in [1.807, 2.05) is 18.4 Å². The van der Waals surface area contributed by atoms with E-state index in [9.17, 15) is 4.39 Å². The fourth-order valence-electron chi connectivity index (χ4n) is 2.09. The number of nitrogens with one attached hydrogen (secondary N) is 1. The van der Waals surface area contributed by atoms with Gasteiger partial charge in [-0.05, 0) is 36.6 Å². The highest BCUT2D eigenvalue weighted by atomic mass is 32.1. The van der Waals surface area contributed by atoms with E-state index >= 15 is 0 Å². The summed E-state index contributed by atoms with van der Waals surface area (Å²) < 4.78 is 18.5. The quantitative estimate of drug-likeness (QED) is 0.793. The Morgan fingerprint density at radius 3 is 2.90 bits per heavy atom. The lowest BCUT2D eigenvalue weighted by molar-refractivity contribution is 0.387. The van der Waals surface area contributed by atoms with E-state index < -0.39 is 5.82 Å². The molecule has 0 radical (unpaired) electrons. The Morgan fingerprint density at radius 2 is 2.14 bits per heavy atom. The zero-order valence-electron chi connectivity index (χ0n) is 11.7. The van der Waals surface area contributed by atoms with Crippen LogP contribution in [0.5, 0.6) is 5.75 Å². The summed E-state index contributed by atoms with van der Waals surface area (Å²) in [7, 11) is 1.44. The first-order chi connectivity index (χ1) is 10.2. The number of anilines is 1. The highest BCUT2D eigenvalue weighted by Gasteiger charge is 2.12. The topological polar surface area (TPSA) is 47.0 Å². The molecule has 0 fully saturated rings. The van der Waals surface area contributed by atoms with Crippen molar-refractivity contribution in [2.75, 3.05) is 19.0 Å². The van der Waals surface area contributed by atoms with Crippen molar-refractivity contribution in [3.05, 3.63) is 35.5 Å². The van der Waals surface area contributed by atoms with Crippen LogP contribution in [0.1, 0.15) is 6.92 Å². The maximum absolute atomic E-state index is 13.5. The molecular weight excluding hydrogens is 289 g/mol. The van der Waals surface area contributed by atoms with Crippen molar-refractivity contribution in [1.29, 1.82) is 0 Å². The second kappa shape index (κ2) is 5.65. The summed E-state index contributed by atoms with van der Waals surface area (Å²) >= 11 is 1.55. The van der Waals surface area contributed by atoms with Crippen molar-refractivity contribution in [3.8, 4) is 17.1 Å². The van der Waals surface area contributed by atoms with E-state index in [0.29, 0.717) is 5.82 Å². The van der Waals surface area contributed by atoms with E-state index in [1.54, 1.807) is 23.5 Å². The van der Waals surface area contributed by atoms with Gasteiger partial charge in [-0.2, -0.15) is 0 Å². The van der Waals surface area contributed by atoms with Gasteiger partial charge in [0.15, 0.2) is 17.4 Å². The molecular formula is C15H14FN3OS. The van der Waals surface area contributed by atoms with Crippen molar-refractivity contribution < 1.29 is 9.13 Å². The molecule has 21 heavy (non-hydrogen) atoms. The van der Waals surface area contributed by atoms with E-state index in [4.69, 9.17) is 4.74 Å². The summed E-state index contributed by atoms with van der Waals surface area (Å²) in [6, 6.07) is 6.62. The Balaban J connectivity index is 2.15. The number of methoxy groups -OCH3 is 1. The third kappa shape index (κ3) is 2.54. The fourth-order valence-corrected chi connectivity index (χ4v) is 2.85. The zero-order chi connectivity index (χ0) is 14.8. The number of benzene rings is 1. The minimum atomic E-state index is -0.398. The molecule has 2 aromatic heterocycles. The number of ether oxygens (including phenoxy) is 1. The average molecular weight is 303 g/mol. The fraction of sp³-hybridized carbons (Fsp3) is 0.200. The summed E-state index contributed by atoms with van der Waals surface area (Å²) in [5.41, 5.74) is 0.725. The van der Waals surface area contributed by atoms with Crippen molar-refractivity contribution >= 4 is 27.4 Å². The molecule has 0 saturated heterocycles. The molecule has 2 heterocycles. The molecule has 0 unspecified atom stereocenters. The Kier molecular flexibility index (Phi) is 3.70. The Hall–Kier alpha value is -2.21. The molecule has 0 aliphatic rings. The van der Waals surface area contributed by atoms with Crippen LogP contribution in [0.4, 0.5) is 10.2 Å². The summed E-state index contributed by atoms with van der Waals surface area (Å²) in [6.45, 7) is 2.79. The van der Waals surface area contributed by atoms with Crippen LogP contribution in [0.25, 0.3) is 21.6 Å². The molecule has 3 aromatic rings. The summed E-state index contributed by atoms with van der Waals surface area (Å²) in [6.07, 6.45) is 0. The van der Waals surface area contributed by atoms with Crippen LogP contribution in [0.2, 0.25) is 0 Å².